The van der Waals surface area contributed by atoms with E-state index in [0.717, 1.165) is 45.1 Å². The Labute approximate surface area is 93.3 Å². The van der Waals surface area contributed by atoms with Crippen molar-refractivity contribution in [2.45, 2.75) is 58.4 Å². The highest BCUT2D eigenvalue weighted by Crippen LogP contribution is 2.09. The van der Waals surface area contributed by atoms with Crippen LogP contribution in [0, 0.1) is 22.8 Å². The molecule has 0 aliphatic carbocycles. The fourth-order valence-corrected chi connectivity index (χ4v) is 1.50. The van der Waals surface area contributed by atoms with Gasteiger partial charge >= 0.3 is 0 Å². The molecule has 0 radical (unpaired) electrons. The van der Waals surface area contributed by atoms with Crippen molar-refractivity contribution in [1.82, 2.24) is 4.90 Å². The average molecular weight is 207 g/mol. The molecule has 0 aromatic carbocycles. The first-order valence-electron chi connectivity index (χ1n) is 5.86. The van der Waals surface area contributed by atoms with Gasteiger partial charge in [-0.3, -0.25) is 4.90 Å². The molecule has 0 heterocycles. The number of unbranched alkanes of at least 4 members (excludes halogenated alkanes) is 3. The zero-order valence-corrected chi connectivity index (χ0v) is 9.87. The molecule has 3 heteroatoms. The average Bonchev–Trinajstić information content (AvgIpc) is 2.27. The van der Waals surface area contributed by atoms with Gasteiger partial charge in [0.2, 0.25) is 0 Å². The van der Waals surface area contributed by atoms with Crippen molar-refractivity contribution < 1.29 is 0 Å². The maximum absolute atomic E-state index is 8.97. The molecule has 0 spiro atoms. The van der Waals surface area contributed by atoms with E-state index in [1.807, 2.05) is 0 Å². The Bertz CT molecular complexity index is 224. The van der Waals surface area contributed by atoms with E-state index in [-0.39, 0.29) is 6.04 Å². The van der Waals surface area contributed by atoms with Crippen LogP contribution in [-0.4, -0.2) is 17.5 Å². The highest BCUT2D eigenvalue weighted by molar-refractivity contribution is 4.96. The van der Waals surface area contributed by atoms with E-state index in [2.05, 4.69) is 26.1 Å². The van der Waals surface area contributed by atoms with Crippen LogP contribution in [0.4, 0.5) is 0 Å². The second-order valence-electron chi connectivity index (χ2n) is 3.79. The molecule has 84 valence electrons. The monoisotopic (exact) mass is 207 g/mol. The molecule has 0 aliphatic rings. The van der Waals surface area contributed by atoms with Gasteiger partial charge in [-0.15, -0.1) is 0 Å². The minimum absolute atomic E-state index is 0.216. The topological polar surface area (TPSA) is 50.8 Å². The van der Waals surface area contributed by atoms with Crippen LogP contribution >= 0.6 is 0 Å². The largest absolute Gasteiger partial charge is 0.294 e. The summed E-state index contributed by atoms with van der Waals surface area (Å²) in [6.07, 6.45) is 8.32. The van der Waals surface area contributed by atoms with E-state index in [4.69, 9.17) is 10.5 Å². The van der Waals surface area contributed by atoms with Gasteiger partial charge in [-0.1, -0.05) is 39.5 Å². The van der Waals surface area contributed by atoms with Gasteiger partial charge in [0.1, 0.15) is 6.04 Å². The summed E-state index contributed by atoms with van der Waals surface area (Å²) in [6.45, 7) is 4.96. The molecule has 0 saturated heterocycles. The minimum atomic E-state index is -0.216. The number of hydrogen-bond donors (Lipinski definition) is 0. The van der Waals surface area contributed by atoms with Crippen molar-refractivity contribution >= 4 is 0 Å². The summed E-state index contributed by atoms with van der Waals surface area (Å²) in [4.78, 5) is 1.63. The Morgan fingerprint density at radius 1 is 1.07 bits per heavy atom. The van der Waals surface area contributed by atoms with Gasteiger partial charge < -0.3 is 0 Å². The third kappa shape index (κ3) is 5.96. The van der Waals surface area contributed by atoms with Crippen molar-refractivity contribution in [2.24, 2.45) is 0 Å². The van der Waals surface area contributed by atoms with Gasteiger partial charge in [0.25, 0.3) is 0 Å². The van der Waals surface area contributed by atoms with Gasteiger partial charge in [-0.05, 0) is 12.8 Å². The van der Waals surface area contributed by atoms with E-state index >= 15 is 0 Å². The molecule has 1 atom stereocenters. The van der Waals surface area contributed by atoms with Gasteiger partial charge in [0, 0.05) is 6.54 Å². The molecule has 3 nitrogen and oxygen atoms in total. The summed E-state index contributed by atoms with van der Waals surface area (Å²) in [5, 5.41) is 17.9. The molecule has 0 bridgehead atoms. The van der Waals surface area contributed by atoms with E-state index in [9.17, 15) is 0 Å². The predicted octanol–water partition coefficient (Wildman–Crippen LogP) is 3.04. The van der Waals surface area contributed by atoms with Crippen LogP contribution in [0.15, 0.2) is 0 Å². The molecule has 0 aliphatic heterocycles. The lowest BCUT2D eigenvalue weighted by molar-refractivity contribution is 0.313. The van der Waals surface area contributed by atoms with Crippen molar-refractivity contribution in [2.75, 3.05) is 6.54 Å². The molecule has 1 unspecified atom stereocenters. The Morgan fingerprint density at radius 2 is 1.73 bits per heavy atom. The molecule has 0 aromatic rings. The van der Waals surface area contributed by atoms with Crippen LogP contribution in [0.2, 0.25) is 0 Å². The SMILES string of the molecule is CCCCCN(C#N)C(C#N)CCCC. The van der Waals surface area contributed by atoms with Gasteiger partial charge in [-0.25, -0.2) is 0 Å². The summed E-state index contributed by atoms with van der Waals surface area (Å²) >= 11 is 0. The van der Waals surface area contributed by atoms with E-state index in [1.165, 1.54) is 0 Å². The van der Waals surface area contributed by atoms with Crippen LogP contribution in [0.3, 0.4) is 0 Å². The number of nitrogens with zero attached hydrogens (tertiary/aromatic N) is 3. The summed E-state index contributed by atoms with van der Waals surface area (Å²) < 4.78 is 0. The molecule has 0 fully saturated rings. The van der Waals surface area contributed by atoms with Crippen molar-refractivity contribution in [1.29, 1.82) is 10.5 Å². The third-order valence-corrected chi connectivity index (χ3v) is 2.49. The van der Waals surface area contributed by atoms with Crippen LogP contribution in [0.1, 0.15) is 52.4 Å². The predicted molar refractivity (Wildman–Crippen MR) is 60.8 cm³/mol. The molecule has 0 N–H and O–H groups in total. The first kappa shape index (κ1) is 13.8. The Morgan fingerprint density at radius 3 is 2.20 bits per heavy atom. The fraction of sp³-hybridized carbons (Fsp3) is 0.833. The number of hydrogen-bond acceptors (Lipinski definition) is 3. The lowest BCUT2D eigenvalue weighted by Crippen LogP contribution is -2.30. The molecule has 0 rings (SSSR count). The molecule has 0 aromatic heterocycles. The number of rotatable bonds is 8. The zero-order chi connectivity index (χ0) is 11.5. The highest BCUT2D eigenvalue weighted by atomic mass is 15.1. The minimum Gasteiger partial charge on any atom is -0.294 e. The van der Waals surface area contributed by atoms with E-state index in [0.29, 0.717) is 0 Å². The standard InChI is InChI=1S/C12H21N3/c1-3-5-7-9-15(11-14)12(10-13)8-6-4-2/h12H,3-9H2,1-2H3. The van der Waals surface area contributed by atoms with Crippen molar-refractivity contribution in [3.63, 3.8) is 0 Å². The van der Waals surface area contributed by atoms with Crippen LogP contribution in [0.5, 0.6) is 0 Å². The number of nitriles is 2. The molecule has 0 amide bonds. The summed E-state index contributed by atoms with van der Waals surface area (Å²) in [7, 11) is 0. The quantitative estimate of drug-likeness (QED) is 0.349. The lowest BCUT2D eigenvalue weighted by Gasteiger charge is -2.20. The maximum atomic E-state index is 8.97. The smallest absolute Gasteiger partial charge is 0.180 e. The first-order chi connectivity index (χ1) is 7.29. The lowest BCUT2D eigenvalue weighted by atomic mass is 10.1. The van der Waals surface area contributed by atoms with Crippen molar-refractivity contribution in [3.05, 3.63) is 0 Å². The second-order valence-corrected chi connectivity index (χ2v) is 3.79. The van der Waals surface area contributed by atoms with E-state index < -0.39 is 0 Å². The highest BCUT2D eigenvalue weighted by Gasteiger charge is 2.14. The first-order valence-corrected chi connectivity index (χ1v) is 5.86. The van der Waals surface area contributed by atoms with Crippen LogP contribution in [0.25, 0.3) is 0 Å². The third-order valence-electron chi connectivity index (χ3n) is 2.49. The molecular formula is C12H21N3. The van der Waals surface area contributed by atoms with Gasteiger partial charge in [-0.2, -0.15) is 10.5 Å². The van der Waals surface area contributed by atoms with Crippen LogP contribution in [-0.2, 0) is 0 Å². The van der Waals surface area contributed by atoms with Gasteiger partial charge in [0.05, 0.1) is 6.07 Å². The Hall–Kier alpha value is -1.22. The maximum Gasteiger partial charge on any atom is 0.180 e. The van der Waals surface area contributed by atoms with E-state index in [1.54, 1.807) is 4.90 Å². The fourth-order valence-electron chi connectivity index (χ4n) is 1.50. The van der Waals surface area contributed by atoms with Crippen LogP contribution < -0.4 is 0 Å². The molecule has 0 saturated carbocycles. The summed E-state index contributed by atoms with van der Waals surface area (Å²) in [6, 6.07) is 2.00. The Kier molecular flexibility index (Phi) is 8.58. The normalized spacial score (nSPS) is 11.5. The summed E-state index contributed by atoms with van der Waals surface area (Å²) in [5.41, 5.74) is 0. The van der Waals surface area contributed by atoms with Gasteiger partial charge in [0.15, 0.2) is 6.19 Å². The Balaban J connectivity index is 4.00. The zero-order valence-electron chi connectivity index (χ0n) is 9.87. The molecule has 15 heavy (non-hydrogen) atoms. The second kappa shape index (κ2) is 9.34. The molecular weight excluding hydrogens is 186 g/mol. The van der Waals surface area contributed by atoms with Crippen molar-refractivity contribution in [3.8, 4) is 12.3 Å². The summed E-state index contributed by atoms with van der Waals surface area (Å²) in [5.74, 6) is 0.